The van der Waals surface area contributed by atoms with Crippen LogP contribution in [0, 0.1) is 11.8 Å². The van der Waals surface area contributed by atoms with Crippen LogP contribution in [-0.2, 0) is 32.9 Å². The normalized spacial score (nSPS) is 15.4. The SMILES string of the molecule is CO[C@](CF)(CO[PH](=O)Oc1ccccc1)[C@@H](OC(=O)C(C)C)[C@@H](OC(=O)C(C)C)c1ccc2c(N)ncnn12. The minimum atomic E-state index is -3.21. The van der Waals surface area contributed by atoms with Crippen LogP contribution in [0.5, 0.6) is 5.75 Å². The molecule has 0 bridgehead atoms. The molecule has 1 aromatic carbocycles. The Kier molecular flexibility index (Phi) is 10.6. The van der Waals surface area contributed by atoms with Gasteiger partial charge in [-0.25, -0.2) is 18.5 Å². The first kappa shape index (κ1) is 31.0. The van der Waals surface area contributed by atoms with Crippen molar-refractivity contribution in [1.82, 2.24) is 14.6 Å². The molecule has 0 aliphatic carbocycles. The molecule has 0 saturated heterocycles. The molecule has 1 unspecified atom stereocenters. The molecule has 40 heavy (non-hydrogen) atoms. The first-order valence-electron chi connectivity index (χ1n) is 12.5. The fourth-order valence-electron chi connectivity index (χ4n) is 3.65. The molecule has 0 radical (unpaired) electrons. The van der Waals surface area contributed by atoms with Crippen LogP contribution in [0.1, 0.15) is 39.5 Å². The summed E-state index contributed by atoms with van der Waals surface area (Å²) in [5, 5.41) is 4.19. The van der Waals surface area contributed by atoms with Gasteiger partial charge in [-0.2, -0.15) is 5.10 Å². The van der Waals surface area contributed by atoms with Crippen LogP contribution in [0.4, 0.5) is 10.2 Å². The summed E-state index contributed by atoms with van der Waals surface area (Å²) in [6, 6.07) is 11.4. The number of para-hydroxylation sites is 1. The number of ether oxygens (including phenoxy) is 3. The number of anilines is 1. The highest BCUT2D eigenvalue weighted by molar-refractivity contribution is 7.33. The van der Waals surface area contributed by atoms with Gasteiger partial charge in [-0.3, -0.25) is 14.1 Å². The van der Waals surface area contributed by atoms with Crippen molar-refractivity contribution in [2.45, 2.75) is 45.5 Å². The average Bonchev–Trinajstić information content (AvgIpc) is 3.37. The lowest BCUT2D eigenvalue weighted by Gasteiger charge is -2.40. The lowest BCUT2D eigenvalue weighted by molar-refractivity contribution is -0.211. The van der Waals surface area contributed by atoms with E-state index in [4.69, 9.17) is 29.0 Å². The van der Waals surface area contributed by atoms with E-state index in [1.165, 1.54) is 24.0 Å². The zero-order chi connectivity index (χ0) is 29.4. The Labute approximate surface area is 231 Å². The Morgan fingerprint density at radius 2 is 1.70 bits per heavy atom. The fourth-order valence-corrected chi connectivity index (χ4v) is 4.40. The molecule has 0 aliphatic heterocycles. The smallest absolute Gasteiger partial charge is 0.367 e. The number of methoxy groups -OCH3 is 1. The van der Waals surface area contributed by atoms with Crippen molar-refractivity contribution in [3.05, 3.63) is 54.5 Å². The monoisotopic (exact) mass is 580 g/mol. The number of fused-ring (bicyclic) bond motifs is 1. The predicted octanol–water partition coefficient (Wildman–Crippen LogP) is 3.96. The lowest BCUT2D eigenvalue weighted by atomic mass is 9.91. The number of nitrogen functional groups attached to an aromatic ring is 1. The molecule has 3 aromatic rings. The van der Waals surface area contributed by atoms with Crippen LogP contribution >= 0.6 is 8.25 Å². The van der Waals surface area contributed by atoms with E-state index < -0.39 is 63.1 Å². The number of hydrogen-bond acceptors (Lipinski definition) is 11. The number of alkyl halides is 1. The Bertz CT molecular complexity index is 1320. The van der Waals surface area contributed by atoms with Crippen molar-refractivity contribution in [2.24, 2.45) is 11.8 Å². The van der Waals surface area contributed by atoms with Gasteiger partial charge in [-0.15, -0.1) is 0 Å². The van der Waals surface area contributed by atoms with Gasteiger partial charge < -0.3 is 24.5 Å². The maximum absolute atomic E-state index is 15.0. The van der Waals surface area contributed by atoms with Gasteiger partial charge in [0.1, 0.15) is 24.3 Å². The molecule has 0 fully saturated rings. The number of carbonyl (C=O) groups is 2. The molecule has 0 amide bonds. The molecular weight excluding hydrogens is 546 g/mol. The first-order valence-corrected chi connectivity index (χ1v) is 13.7. The van der Waals surface area contributed by atoms with E-state index in [0.717, 1.165) is 0 Å². The molecule has 4 atom stereocenters. The zero-order valence-corrected chi connectivity index (χ0v) is 23.9. The van der Waals surface area contributed by atoms with Crippen molar-refractivity contribution < 1.29 is 41.8 Å². The third kappa shape index (κ3) is 7.15. The highest BCUT2D eigenvalue weighted by Crippen LogP contribution is 2.38. The standard InChI is InChI=1S/C26H34FN4O8P/c1-16(2)24(32)37-21(19-11-12-20-23(28)29-15-30-31(19)20)22(38-25(33)17(3)4)26(13-27,35-5)14-36-40(34)39-18-9-7-6-8-10-18/h6-12,15-17,21-22,40H,13-14H2,1-5H3,(H2,28,29,30)/t21-,22-,26+/m0/s1. The van der Waals surface area contributed by atoms with Gasteiger partial charge in [0.25, 0.3) is 0 Å². The molecule has 0 spiro atoms. The van der Waals surface area contributed by atoms with Crippen LogP contribution in [0.15, 0.2) is 48.8 Å². The Balaban J connectivity index is 2.08. The second-order valence-electron chi connectivity index (χ2n) is 9.58. The highest BCUT2D eigenvalue weighted by atomic mass is 31.1. The zero-order valence-electron chi connectivity index (χ0n) is 22.9. The Hall–Kier alpha value is -3.54. The summed E-state index contributed by atoms with van der Waals surface area (Å²) in [6.07, 6.45) is -1.89. The Morgan fingerprint density at radius 3 is 2.30 bits per heavy atom. The number of aromatic nitrogens is 3. The Morgan fingerprint density at radius 1 is 1.05 bits per heavy atom. The van der Waals surface area contributed by atoms with Crippen LogP contribution < -0.4 is 10.3 Å². The average molecular weight is 581 g/mol. The van der Waals surface area contributed by atoms with Crippen molar-refractivity contribution in [2.75, 3.05) is 26.1 Å². The first-order chi connectivity index (χ1) is 19.0. The van der Waals surface area contributed by atoms with E-state index in [2.05, 4.69) is 10.1 Å². The van der Waals surface area contributed by atoms with Gasteiger partial charge in [0.15, 0.2) is 23.6 Å². The van der Waals surface area contributed by atoms with Gasteiger partial charge >= 0.3 is 20.2 Å². The van der Waals surface area contributed by atoms with E-state index >= 15 is 4.39 Å². The number of nitrogens with zero attached hydrogens (tertiary/aromatic N) is 3. The molecule has 2 N–H and O–H groups in total. The molecule has 2 aromatic heterocycles. The quantitative estimate of drug-likeness (QED) is 0.218. The van der Waals surface area contributed by atoms with E-state index in [0.29, 0.717) is 5.52 Å². The summed E-state index contributed by atoms with van der Waals surface area (Å²) < 4.78 is 56.9. The second kappa shape index (κ2) is 13.7. The predicted molar refractivity (Wildman–Crippen MR) is 144 cm³/mol. The number of esters is 2. The lowest BCUT2D eigenvalue weighted by Crippen LogP contribution is -2.55. The van der Waals surface area contributed by atoms with Crippen LogP contribution in [0.2, 0.25) is 0 Å². The summed E-state index contributed by atoms with van der Waals surface area (Å²) in [7, 11) is -2.04. The maximum atomic E-state index is 15.0. The van der Waals surface area contributed by atoms with E-state index in [-0.39, 0.29) is 17.3 Å². The molecule has 0 aliphatic rings. The topological polar surface area (TPSA) is 154 Å². The second-order valence-corrected chi connectivity index (χ2v) is 10.6. The molecule has 218 valence electrons. The molecule has 12 nitrogen and oxygen atoms in total. The van der Waals surface area contributed by atoms with E-state index in [1.807, 2.05) is 0 Å². The summed E-state index contributed by atoms with van der Waals surface area (Å²) in [5.74, 6) is -2.22. The molecule has 3 rings (SSSR count). The van der Waals surface area contributed by atoms with E-state index in [1.54, 1.807) is 64.1 Å². The van der Waals surface area contributed by atoms with Gasteiger partial charge in [-0.05, 0) is 24.3 Å². The van der Waals surface area contributed by atoms with E-state index in [9.17, 15) is 14.2 Å². The molecular formula is C26H34FN4O8P. The van der Waals surface area contributed by atoms with Crippen molar-refractivity contribution in [3.63, 3.8) is 0 Å². The number of halogens is 1. The number of rotatable bonds is 14. The number of nitrogens with two attached hydrogens (primary N) is 1. The minimum absolute atomic E-state index is 0.134. The summed E-state index contributed by atoms with van der Waals surface area (Å²) in [5.41, 5.74) is 4.47. The molecule has 0 saturated carbocycles. The highest BCUT2D eigenvalue weighted by Gasteiger charge is 2.51. The number of carbonyl (C=O) groups excluding carboxylic acids is 2. The van der Waals surface area contributed by atoms with Crippen molar-refractivity contribution in [1.29, 1.82) is 0 Å². The van der Waals surface area contributed by atoms with Gasteiger partial charge in [0.2, 0.25) is 0 Å². The molecule has 2 heterocycles. The molecule has 14 heteroatoms. The largest absolute Gasteiger partial charge is 0.454 e. The van der Waals surface area contributed by atoms with Crippen LogP contribution in [0.3, 0.4) is 0 Å². The van der Waals surface area contributed by atoms with Gasteiger partial charge in [0.05, 0.1) is 24.1 Å². The summed E-state index contributed by atoms with van der Waals surface area (Å²) in [6.45, 7) is 4.43. The maximum Gasteiger partial charge on any atom is 0.367 e. The van der Waals surface area contributed by atoms with Crippen LogP contribution in [0.25, 0.3) is 5.52 Å². The van der Waals surface area contributed by atoms with Gasteiger partial charge in [-0.1, -0.05) is 45.9 Å². The van der Waals surface area contributed by atoms with Gasteiger partial charge in [0, 0.05) is 7.11 Å². The number of benzene rings is 1. The van der Waals surface area contributed by atoms with Crippen molar-refractivity contribution >= 4 is 31.5 Å². The number of hydrogen-bond donors (Lipinski definition) is 1. The third-order valence-corrected chi connectivity index (χ3v) is 6.82. The summed E-state index contributed by atoms with van der Waals surface area (Å²) in [4.78, 5) is 29.7. The summed E-state index contributed by atoms with van der Waals surface area (Å²) >= 11 is 0. The fraction of sp³-hybridized carbons (Fsp3) is 0.462. The third-order valence-electron chi connectivity index (χ3n) is 6.04. The van der Waals surface area contributed by atoms with Crippen LogP contribution in [-0.4, -0.2) is 58.6 Å². The minimum Gasteiger partial charge on any atom is -0.454 e. The van der Waals surface area contributed by atoms with Crippen molar-refractivity contribution in [3.8, 4) is 5.75 Å².